The summed E-state index contributed by atoms with van der Waals surface area (Å²) in [6.45, 7) is 2.08. The number of aliphatic hydroxyl groups excluding tert-OH is 1. The highest BCUT2D eigenvalue weighted by atomic mass is 16.3. The molecule has 1 saturated heterocycles. The van der Waals surface area contributed by atoms with Gasteiger partial charge in [0.1, 0.15) is 0 Å². The minimum atomic E-state index is -0.303. The molecule has 104 valence electrons. The van der Waals surface area contributed by atoms with Gasteiger partial charge in [-0.1, -0.05) is 32.1 Å². The molecule has 2 unspecified atom stereocenters. The van der Waals surface area contributed by atoms with Crippen LogP contribution in [0.1, 0.15) is 44.9 Å². The lowest BCUT2D eigenvalue weighted by atomic mass is 9.90. The lowest BCUT2D eigenvalue weighted by Crippen LogP contribution is -2.38. The van der Waals surface area contributed by atoms with Crippen molar-refractivity contribution in [3.8, 4) is 0 Å². The second-order valence-electron chi connectivity index (χ2n) is 5.77. The van der Waals surface area contributed by atoms with Gasteiger partial charge in [0.2, 0.25) is 5.91 Å². The van der Waals surface area contributed by atoms with Crippen LogP contribution in [0, 0.1) is 11.8 Å². The van der Waals surface area contributed by atoms with Crippen LogP contribution in [0.5, 0.6) is 0 Å². The molecule has 1 heterocycles. The minimum Gasteiger partial charge on any atom is -0.391 e. The molecule has 1 amide bonds. The monoisotopic (exact) mass is 254 g/mol. The van der Waals surface area contributed by atoms with E-state index >= 15 is 0 Å². The van der Waals surface area contributed by atoms with E-state index in [9.17, 15) is 9.90 Å². The number of hydrogen-bond donors (Lipinski definition) is 3. The van der Waals surface area contributed by atoms with Crippen molar-refractivity contribution in [3.63, 3.8) is 0 Å². The van der Waals surface area contributed by atoms with E-state index < -0.39 is 0 Å². The third kappa shape index (κ3) is 3.95. The number of carbonyl (C=O) groups is 1. The van der Waals surface area contributed by atoms with Gasteiger partial charge in [-0.25, -0.2) is 0 Å². The van der Waals surface area contributed by atoms with Gasteiger partial charge in [-0.2, -0.15) is 0 Å². The summed E-state index contributed by atoms with van der Waals surface area (Å²) < 4.78 is 0. The fourth-order valence-electron chi connectivity index (χ4n) is 3.02. The summed E-state index contributed by atoms with van der Waals surface area (Å²) in [6, 6.07) is 0. The average Bonchev–Trinajstić information content (AvgIpc) is 2.71. The molecular formula is C14H26N2O2. The average molecular weight is 254 g/mol. The number of rotatable bonds is 3. The van der Waals surface area contributed by atoms with Crippen LogP contribution in [-0.2, 0) is 4.79 Å². The molecule has 2 fully saturated rings. The van der Waals surface area contributed by atoms with Gasteiger partial charge in [-0.3, -0.25) is 4.79 Å². The summed E-state index contributed by atoms with van der Waals surface area (Å²) >= 11 is 0. The van der Waals surface area contributed by atoms with Crippen LogP contribution in [0.15, 0.2) is 0 Å². The molecule has 0 radical (unpaired) electrons. The van der Waals surface area contributed by atoms with Crippen LogP contribution in [0.4, 0.5) is 0 Å². The van der Waals surface area contributed by atoms with Crippen molar-refractivity contribution < 1.29 is 9.90 Å². The minimum absolute atomic E-state index is 0.183. The van der Waals surface area contributed by atoms with Crippen molar-refractivity contribution in [1.29, 1.82) is 0 Å². The zero-order valence-electron chi connectivity index (χ0n) is 11.2. The Kier molecular flexibility index (Phi) is 5.45. The number of nitrogens with one attached hydrogen (secondary N) is 2. The molecule has 3 N–H and O–H groups in total. The first-order valence-corrected chi connectivity index (χ1v) is 7.44. The van der Waals surface area contributed by atoms with E-state index in [1.807, 2.05) is 0 Å². The van der Waals surface area contributed by atoms with Crippen molar-refractivity contribution in [2.45, 2.75) is 51.0 Å². The van der Waals surface area contributed by atoms with E-state index in [1.54, 1.807) is 0 Å². The van der Waals surface area contributed by atoms with E-state index in [-0.39, 0.29) is 23.8 Å². The zero-order chi connectivity index (χ0) is 12.8. The predicted octanol–water partition coefficient (Wildman–Crippen LogP) is 1.04. The molecule has 4 nitrogen and oxygen atoms in total. The third-order valence-corrected chi connectivity index (χ3v) is 4.32. The maximum Gasteiger partial charge on any atom is 0.223 e. The molecule has 0 aromatic rings. The predicted molar refractivity (Wildman–Crippen MR) is 71.2 cm³/mol. The number of β-amino-alcohol motifs (C(OH)–C–C–N with tert-alkyl or cyclic N) is 1. The smallest absolute Gasteiger partial charge is 0.223 e. The molecule has 0 spiro atoms. The van der Waals surface area contributed by atoms with Gasteiger partial charge in [0.05, 0.1) is 6.10 Å². The summed E-state index contributed by atoms with van der Waals surface area (Å²) in [6.07, 6.45) is 8.02. The Balaban J connectivity index is 1.72. The molecule has 0 aromatic heterocycles. The second-order valence-corrected chi connectivity index (χ2v) is 5.77. The standard InChI is InChI=1S/C14H26N2O2/c17-13-10-15-8-12(13)9-16-14(18)11-6-4-2-1-3-5-7-11/h11-13,15,17H,1-10H2,(H,16,18). The van der Waals surface area contributed by atoms with Crippen molar-refractivity contribution in [2.75, 3.05) is 19.6 Å². The number of amides is 1. The second kappa shape index (κ2) is 7.10. The Bertz CT molecular complexity index is 263. The first kappa shape index (κ1) is 13.8. The number of hydrogen-bond acceptors (Lipinski definition) is 3. The Labute approximate surface area is 110 Å². The van der Waals surface area contributed by atoms with E-state index in [0.29, 0.717) is 13.1 Å². The van der Waals surface area contributed by atoms with Crippen LogP contribution in [-0.4, -0.2) is 36.8 Å². The fourth-order valence-corrected chi connectivity index (χ4v) is 3.02. The largest absolute Gasteiger partial charge is 0.391 e. The lowest BCUT2D eigenvalue weighted by molar-refractivity contribution is -0.125. The van der Waals surface area contributed by atoms with Crippen LogP contribution < -0.4 is 10.6 Å². The van der Waals surface area contributed by atoms with Crippen LogP contribution in [0.25, 0.3) is 0 Å². The topological polar surface area (TPSA) is 61.4 Å². The molecule has 1 saturated carbocycles. The van der Waals surface area contributed by atoms with Gasteiger partial charge >= 0.3 is 0 Å². The van der Waals surface area contributed by atoms with Gasteiger partial charge in [-0.05, 0) is 12.8 Å². The van der Waals surface area contributed by atoms with Crippen molar-refractivity contribution in [2.24, 2.45) is 11.8 Å². The number of aliphatic hydroxyl groups is 1. The normalized spacial score (nSPS) is 30.7. The first-order chi connectivity index (χ1) is 8.77. The van der Waals surface area contributed by atoms with Crippen molar-refractivity contribution in [1.82, 2.24) is 10.6 Å². The van der Waals surface area contributed by atoms with Crippen LogP contribution in [0.3, 0.4) is 0 Å². The molecule has 4 heteroatoms. The van der Waals surface area contributed by atoms with Gasteiger partial charge < -0.3 is 15.7 Å². The van der Waals surface area contributed by atoms with Gasteiger partial charge in [-0.15, -0.1) is 0 Å². The zero-order valence-corrected chi connectivity index (χ0v) is 11.2. The number of carbonyl (C=O) groups excluding carboxylic acids is 1. The molecular weight excluding hydrogens is 228 g/mol. The highest BCUT2D eigenvalue weighted by Gasteiger charge is 2.26. The molecule has 0 bridgehead atoms. The Morgan fingerprint density at radius 2 is 1.78 bits per heavy atom. The molecule has 18 heavy (non-hydrogen) atoms. The molecule has 2 aliphatic rings. The summed E-state index contributed by atoms with van der Waals surface area (Å²) in [7, 11) is 0. The van der Waals surface area contributed by atoms with Crippen molar-refractivity contribution >= 4 is 5.91 Å². The molecule has 1 aliphatic heterocycles. The summed E-state index contributed by atoms with van der Waals surface area (Å²) in [5.41, 5.74) is 0. The quantitative estimate of drug-likeness (QED) is 0.705. The maximum absolute atomic E-state index is 12.1. The SMILES string of the molecule is O=C(NCC1CNCC1O)C1CCCCCCC1. The summed E-state index contributed by atoms with van der Waals surface area (Å²) in [5, 5.41) is 15.9. The Morgan fingerprint density at radius 3 is 2.39 bits per heavy atom. The Morgan fingerprint density at radius 1 is 1.11 bits per heavy atom. The highest BCUT2D eigenvalue weighted by molar-refractivity contribution is 5.78. The highest BCUT2D eigenvalue weighted by Crippen LogP contribution is 2.22. The van der Waals surface area contributed by atoms with E-state index in [2.05, 4.69) is 10.6 Å². The van der Waals surface area contributed by atoms with E-state index in [1.165, 1.54) is 32.1 Å². The maximum atomic E-state index is 12.1. The van der Waals surface area contributed by atoms with Gasteiger partial charge in [0.15, 0.2) is 0 Å². The Hall–Kier alpha value is -0.610. The molecule has 0 aromatic carbocycles. The molecule has 2 rings (SSSR count). The summed E-state index contributed by atoms with van der Waals surface area (Å²) in [5.74, 6) is 0.593. The fraction of sp³-hybridized carbons (Fsp3) is 0.929. The van der Waals surface area contributed by atoms with E-state index in [0.717, 1.165) is 19.4 Å². The van der Waals surface area contributed by atoms with Gasteiger partial charge in [0, 0.05) is 31.5 Å². The molecule has 1 aliphatic carbocycles. The third-order valence-electron chi connectivity index (χ3n) is 4.32. The van der Waals surface area contributed by atoms with E-state index in [4.69, 9.17) is 0 Å². The van der Waals surface area contributed by atoms with Crippen LogP contribution in [0.2, 0.25) is 0 Å². The molecule has 2 atom stereocenters. The first-order valence-electron chi connectivity index (χ1n) is 7.44. The van der Waals surface area contributed by atoms with Crippen LogP contribution >= 0.6 is 0 Å². The van der Waals surface area contributed by atoms with Gasteiger partial charge in [0.25, 0.3) is 0 Å². The summed E-state index contributed by atoms with van der Waals surface area (Å²) in [4.78, 5) is 12.1. The van der Waals surface area contributed by atoms with Crippen molar-refractivity contribution in [3.05, 3.63) is 0 Å². The lowest BCUT2D eigenvalue weighted by Gasteiger charge is -2.21.